The smallest absolute Gasteiger partial charge is 0.238 e. The quantitative estimate of drug-likeness (QED) is 0.863. The summed E-state index contributed by atoms with van der Waals surface area (Å²) in [6.45, 7) is 0.767. The minimum absolute atomic E-state index is 0.0177. The maximum atomic E-state index is 11.9. The molecule has 21 heavy (non-hydrogen) atoms. The molecular weight excluding hydrogens is 292 g/mol. The van der Waals surface area contributed by atoms with Crippen molar-refractivity contribution in [2.75, 3.05) is 11.9 Å². The molecule has 1 aromatic rings. The molecule has 6 nitrogen and oxygen atoms in total. The highest BCUT2D eigenvalue weighted by atomic mass is 32.2. The van der Waals surface area contributed by atoms with E-state index in [4.69, 9.17) is 9.88 Å². The third-order valence-electron chi connectivity index (χ3n) is 3.41. The normalized spacial score (nSPS) is 19.2. The number of ether oxygens (including phenoxy) is 1. The molecule has 116 valence electrons. The van der Waals surface area contributed by atoms with Crippen LogP contribution in [0.2, 0.25) is 0 Å². The molecule has 0 spiro atoms. The summed E-state index contributed by atoms with van der Waals surface area (Å²) in [7, 11) is -3.76. The zero-order valence-corrected chi connectivity index (χ0v) is 12.6. The van der Waals surface area contributed by atoms with Gasteiger partial charge in [-0.3, -0.25) is 4.79 Å². The van der Waals surface area contributed by atoms with Crippen molar-refractivity contribution in [1.29, 1.82) is 0 Å². The Labute approximate surface area is 124 Å². The molecule has 0 aliphatic carbocycles. The van der Waals surface area contributed by atoms with Crippen LogP contribution >= 0.6 is 0 Å². The van der Waals surface area contributed by atoms with Crippen molar-refractivity contribution in [2.24, 2.45) is 5.14 Å². The summed E-state index contributed by atoms with van der Waals surface area (Å²) in [6, 6.07) is 5.91. The first-order valence-corrected chi connectivity index (χ1v) is 8.54. The standard InChI is InChI=1S/C14H20N2O4S/c15-21(18,19)13-6-3-4-11(10-13)16-14(17)8-7-12-5-1-2-9-20-12/h3-4,6,10,12H,1-2,5,7-9H2,(H,16,17)(H2,15,18,19). The van der Waals surface area contributed by atoms with E-state index in [9.17, 15) is 13.2 Å². The summed E-state index contributed by atoms with van der Waals surface area (Å²) >= 11 is 0. The van der Waals surface area contributed by atoms with Gasteiger partial charge in [0.2, 0.25) is 15.9 Å². The molecule has 7 heteroatoms. The fourth-order valence-corrected chi connectivity index (χ4v) is 2.86. The summed E-state index contributed by atoms with van der Waals surface area (Å²) in [5.74, 6) is -0.157. The van der Waals surface area contributed by atoms with Crippen molar-refractivity contribution >= 4 is 21.6 Å². The van der Waals surface area contributed by atoms with Gasteiger partial charge in [0.25, 0.3) is 0 Å². The minimum atomic E-state index is -3.76. The van der Waals surface area contributed by atoms with Crippen LogP contribution in [0, 0.1) is 0 Å². The van der Waals surface area contributed by atoms with Crippen molar-refractivity contribution in [1.82, 2.24) is 0 Å². The van der Waals surface area contributed by atoms with Crippen LogP contribution in [0.1, 0.15) is 32.1 Å². The molecule has 1 amide bonds. The fourth-order valence-electron chi connectivity index (χ4n) is 2.30. The highest BCUT2D eigenvalue weighted by Crippen LogP contribution is 2.18. The van der Waals surface area contributed by atoms with Crippen LogP contribution in [0.4, 0.5) is 5.69 Å². The Morgan fingerprint density at radius 1 is 1.38 bits per heavy atom. The molecule has 1 saturated heterocycles. The molecule has 0 aromatic heterocycles. The molecule has 2 rings (SSSR count). The van der Waals surface area contributed by atoms with Crippen molar-refractivity contribution < 1.29 is 17.9 Å². The van der Waals surface area contributed by atoms with Gasteiger partial charge in [-0.05, 0) is 43.9 Å². The lowest BCUT2D eigenvalue weighted by Gasteiger charge is -2.22. The highest BCUT2D eigenvalue weighted by Gasteiger charge is 2.15. The number of carbonyl (C=O) groups is 1. The predicted octanol–water partition coefficient (Wildman–Crippen LogP) is 1.62. The van der Waals surface area contributed by atoms with Gasteiger partial charge < -0.3 is 10.1 Å². The molecule has 1 heterocycles. The second-order valence-electron chi connectivity index (χ2n) is 5.15. The van der Waals surface area contributed by atoms with E-state index < -0.39 is 10.0 Å². The highest BCUT2D eigenvalue weighted by molar-refractivity contribution is 7.89. The molecule has 1 aliphatic heterocycles. The molecule has 3 N–H and O–H groups in total. The second kappa shape index (κ2) is 7.02. The van der Waals surface area contributed by atoms with Gasteiger partial charge in [-0.1, -0.05) is 6.07 Å². The lowest BCUT2D eigenvalue weighted by Crippen LogP contribution is -2.21. The van der Waals surface area contributed by atoms with Crippen LogP contribution in [0.15, 0.2) is 29.2 Å². The SMILES string of the molecule is NS(=O)(=O)c1cccc(NC(=O)CCC2CCCCO2)c1. The third kappa shape index (κ3) is 5.11. The Morgan fingerprint density at radius 3 is 2.86 bits per heavy atom. The minimum Gasteiger partial charge on any atom is -0.378 e. The molecule has 0 radical (unpaired) electrons. The van der Waals surface area contributed by atoms with E-state index in [1.165, 1.54) is 12.1 Å². The van der Waals surface area contributed by atoms with Gasteiger partial charge in [0.1, 0.15) is 0 Å². The Morgan fingerprint density at radius 2 is 2.19 bits per heavy atom. The first-order chi connectivity index (χ1) is 9.95. The molecular formula is C14H20N2O4S. The average Bonchev–Trinajstić information content (AvgIpc) is 2.46. The van der Waals surface area contributed by atoms with E-state index in [2.05, 4.69) is 5.32 Å². The van der Waals surface area contributed by atoms with Gasteiger partial charge in [-0.25, -0.2) is 13.6 Å². The van der Waals surface area contributed by atoms with E-state index in [1.54, 1.807) is 12.1 Å². The zero-order valence-electron chi connectivity index (χ0n) is 11.7. The summed E-state index contributed by atoms with van der Waals surface area (Å²) in [6.07, 6.45) is 4.41. The number of carbonyl (C=O) groups excluding carboxylic acids is 1. The van der Waals surface area contributed by atoms with Crippen LogP contribution in [0.25, 0.3) is 0 Å². The third-order valence-corrected chi connectivity index (χ3v) is 4.32. The number of hydrogen-bond donors (Lipinski definition) is 2. The van der Waals surface area contributed by atoms with E-state index >= 15 is 0 Å². The molecule has 1 atom stereocenters. The second-order valence-corrected chi connectivity index (χ2v) is 6.71. The van der Waals surface area contributed by atoms with Crippen LogP contribution in [-0.2, 0) is 19.6 Å². The summed E-state index contributed by atoms with van der Waals surface area (Å²) in [5.41, 5.74) is 0.427. The fraction of sp³-hybridized carbons (Fsp3) is 0.500. The first kappa shape index (κ1) is 15.9. The van der Waals surface area contributed by atoms with E-state index in [0.717, 1.165) is 25.9 Å². The number of primary sulfonamides is 1. The summed E-state index contributed by atoms with van der Waals surface area (Å²) in [4.78, 5) is 11.9. The van der Waals surface area contributed by atoms with Crippen LogP contribution in [0.3, 0.4) is 0 Å². The van der Waals surface area contributed by atoms with E-state index in [-0.39, 0.29) is 16.9 Å². The lowest BCUT2D eigenvalue weighted by molar-refractivity contribution is -0.117. The van der Waals surface area contributed by atoms with Gasteiger partial charge in [0.05, 0.1) is 11.0 Å². The molecule has 0 bridgehead atoms. The summed E-state index contributed by atoms with van der Waals surface area (Å²) in [5, 5.41) is 7.74. The monoisotopic (exact) mass is 312 g/mol. The Bertz CT molecular complexity index is 595. The lowest BCUT2D eigenvalue weighted by atomic mass is 10.0. The maximum Gasteiger partial charge on any atom is 0.238 e. The molecule has 1 unspecified atom stereocenters. The number of anilines is 1. The number of amides is 1. The van der Waals surface area contributed by atoms with E-state index in [1.807, 2.05) is 0 Å². The summed E-state index contributed by atoms with van der Waals surface area (Å²) < 4.78 is 28.1. The van der Waals surface area contributed by atoms with Gasteiger partial charge in [-0.2, -0.15) is 0 Å². The largest absolute Gasteiger partial charge is 0.378 e. The Balaban J connectivity index is 1.87. The number of hydrogen-bond acceptors (Lipinski definition) is 4. The maximum absolute atomic E-state index is 11.9. The van der Waals surface area contributed by atoms with Gasteiger partial charge >= 0.3 is 0 Å². The molecule has 1 aliphatic rings. The van der Waals surface area contributed by atoms with E-state index in [0.29, 0.717) is 18.5 Å². The van der Waals surface area contributed by atoms with Crippen molar-refractivity contribution in [3.05, 3.63) is 24.3 Å². The van der Waals surface area contributed by atoms with Gasteiger partial charge in [0.15, 0.2) is 0 Å². The molecule has 1 fully saturated rings. The molecule has 1 aromatic carbocycles. The van der Waals surface area contributed by atoms with Crippen molar-refractivity contribution in [3.8, 4) is 0 Å². The number of benzene rings is 1. The van der Waals surface area contributed by atoms with Crippen LogP contribution in [-0.4, -0.2) is 27.0 Å². The van der Waals surface area contributed by atoms with Crippen molar-refractivity contribution in [2.45, 2.75) is 43.1 Å². The number of rotatable bonds is 5. The Hall–Kier alpha value is -1.44. The average molecular weight is 312 g/mol. The first-order valence-electron chi connectivity index (χ1n) is 6.99. The zero-order chi connectivity index (χ0) is 15.3. The number of nitrogens with two attached hydrogens (primary N) is 1. The predicted molar refractivity (Wildman–Crippen MR) is 79.3 cm³/mol. The number of sulfonamides is 1. The van der Waals surface area contributed by atoms with Crippen LogP contribution < -0.4 is 10.5 Å². The Kier molecular flexibility index (Phi) is 5.33. The number of nitrogens with one attached hydrogen (secondary N) is 1. The van der Waals surface area contributed by atoms with Gasteiger partial charge in [-0.15, -0.1) is 0 Å². The topological polar surface area (TPSA) is 98.5 Å². The molecule has 0 saturated carbocycles. The van der Waals surface area contributed by atoms with Crippen LogP contribution in [0.5, 0.6) is 0 Å². The van der Waals surface area contributed by atoms with Crippen molar-refractivity contribution in [3.63, 3.8) is 0 Å². The van der Waals surface area contributed by atoms with Gasteiger partial charge in [0, 0.05) is 18.7 Å².